The fraction of sp³-hybridized carbons (Fsp3) is 0.294. The van der Waals surface area contributed by atoms with Crippen LogP contribution in [0.4, 0.5) is 0 Å². The Balaban J connectivity index is 2.27. The van der Waals surface area contributed by atoms with Crippen LogP contribution in [0.15, 0.2) is 36.4 Å². The second-order valence-electron chi connectivity index (χ2n) is 4.85. The van der Waals surface area contributed by atoms with Gasteiger partial charge in [0.2, 0.25) is 0 Å². The van der Waals surface area contributed by atoms with Gasteiger partial charge < -0.3 is 10.5 Å². The minimum Gasteiger partial charge on any atom is -0.457 e. The lowest BCUT2D eigenvalue weighted by atomic mass is 10.1. The number of ether oxygens (including phenoxy) is 1. The first-order valence-corrected chi connectivity index (χ1v) is 7.27. The van der Waals surface area contributed by atoms with Gasteiger partial charge in [0.05, 0.1) is 0 Å². The Bertz CT molecular complexity index is 596. The van der Waals surface area contributed by atoms with Gasteiger partial charge in [-0.1, -0.05) is 30.7 Å². The van der Waals surface area contributed by atoms with Crippen molar-refractivity contribution in [3.63, 3.8) is 0 Å². The van der Waals surface area contributed by atoms with Crippen molar-refractivity contribution < 1.29 is 4.74 Å². The normalized spacial score (nSPS) is 10.6. The first kappa shape index (κ1) is 14.9. The molecule has 0 aliphatic rings. The van der Waals surface area contributed by atoms with Gasteiger partial charge in [-0.15, -0.1) is 0 Å². The molecule has 2 rings (SSSR count). The summed E-state index contributed by atoms with van der Waals surface area (Å²) in [4.78, 5) is 0. The first-order valence-electron chi connectivity index (χ1n) is 6.90. The van der Waals surface area contributed by atoms with Crippen molar-refractivity contribution in [2.75, 3.05) is 6.54 Å². The summed E-state index contributed by atoms with van der Waals surface area (Å²) in [6, 6.07) is 12.0. The van der Waals surface area contributed by atoms with Gasteiger partial charge in [-0.3, -0.25) is 0 Å². The first-order chi connectivity index (χ1) is 9.63. The van der Waals surface area contributed by atoms with Gasteiger partial charge in [-0.05, 0) is 67.3 Å². The molecule has 0 aromatic heterocycles. The monoisotopic (exact) mass is 289 g/mol. The van der Waals surface area contributed by atoms with E-state index in [9.17, 15) is 0 Å². The van der Waals surface area contributed by atoms with E-state index in [0.29, 0.717) is 6.54 Å². The number of hydrogen-bond acceptors (Lipinski definition) is 2. The molecule has 20 heavy (non-hydrogen) atoms. The molecule has 0 bridgehead atoms. The van der Waals surface area contributed by atoms with Crippen LogP contribution in [0.1, 0.15) is 23.6 Å². The van der Waals surface area contributed by atoms with E-state index in [1.807, 2.05) is 25.1 Å². The van der Waals surface area contributed by atoms with E-state index in [2.05, 4.69) is 25.1 Å². The fourth-order valence-electron chi connectivity index (χ4n) is 2.09. The van der Waals surface area contributed by atoms with Gasteiger partial charge in [0.25, 0.3) is 0 Å². The molecule has 0 saturated carbocycles. The quantitative estimate of drug-likeness (QED) is 0.879. The summed E-state index contributed by atoms with van der Waals surface area (Å²) in [6.45, 7) is 4.76. The number of hydrogen-bond donors (Lipinski definition) is 1. The number of rotatable bonds is 5. The Hall–Kier alpha value is -1.51. The van der Waals surface area contributed by atoms with Crippen LogP contribution in [0.2, 0.25) is 5.02 Å². The predicted molar refractivity (Wildman–Crippen MR) is 84.8 cm³/mol. The smallest absolute Gasteiger partial charge is 0.130 e. The lowest BCUT2D eigenvalue weighted by Gasteiger charge is -2.12. The minimum atomic E-state index is 0.642. The van der Waals surface area contributed by atoms with Crippen LogP contribution in [-0.4, -0.2) is 6.54 Å². The van der Waals surface area contributed by atoms with E-state index in [-0.39, 0.29) is 0 Å². The maximum atomic E-state index is 6.13. The molecule has 2 nitrogen and oxygen atoms in total. The zero-order valence-electron chi connectivity index (χ0n) is 11.9. The number of halogens is 1. The van der Waals surface area contributed by atoms with Gasteiger partial charge in [0.1, 0.15) is 11.5 Å². The molecule has 106 valence electrons. The highest BCUT2D eigenvalue weighted by atomic mass is 35.5. The van der Waals surface area contributed by atoms with Crippen molar-refractivity contribution >= 4 is 11.6 Å². The maximum Gasteiger partial charge on any atom is 0.130 e. The highest BCUT2D eigenvalue weighted by Gasteiger charge is 2.06. The molecule has 0 radical (unpaired) electrons. The molecule has 3 heteroatoms. The molecular formula is C17H20ClNO. The maximum absolute atomic E-state index is 6.13. The fourth-order valence-corrected chi connectivity index (χ4v) is 2.34. The van der Waals surface area contributed by atoms with E-state index in [4.69, 9.17) is 22.1 Å². The number of aryl methyl sites for hydroxylation is 2. The van der Waals surface area contributed by atoms with Crippen LogP contribution in [-0.2, 0) is 12.8 Å². The standard InChI is InChI=1S/C17H20ClNO/c1-3-14-11-15(6-7-16(14)18)20-17-10-13(8-9-19)5-4-12(17)2/h4-7,10-11H,3,8-9,19H2,1-2H3. The highest BCUT2D eigenvalue weighted by molar-refractivity contribution is 6.31. The Labute approximate surface area is 125 Å². The zero-order chi connectivity index (χ0) is 14.5. The average molecular weight is 290 g/mol. The molecule has 2 aromatic carbocycles. The molecule has 0 aliphatic heterocycles. The summed E-state index contributed by atoms with van der Waals surface area (Å²) in [5, 5.41) is 0.786. The van der Waals surface area contributed by atoms with Gasteiger partial charge in [0.15, 0.2) is 0 Å². The van der Waals surface area contributed by atoms with E-state index in [1.165, 1.54) is 5.56 Å². The van der Waals surface area contributed by atoms with Crippen molar-refractivity contribution in [2.24, 2.45) is 5.73 Å². The summed E-state index contributed by atoms with van der Waals surface area (Å²) in [7, 11) is 0. The van der Waals surface area contributed by atoms with Crippen molar-refractivity contribution in [1.82, 2.24) is 0 Å². The second kappa shape index (κ2) is 6.78. The van der Waals surface area contributed by atoms with E-state index in [1.54, 1.807) is 0 Å². The third-order valence-electron chi connectivity index (χ3n) is 3.31. The van der Waals surface area contributed by atoms with Crippen molar-refractivity contribution in [3.05, 3.63) is 58.1 Å². The van der Waals surface area contributed by atoms with Gasteiger partial charge in [-0.2, -0.15) is 0 Å². The van der Waals surface area contributed by atoms with Crippen molar-refractivity contribution in [3.8, 4) is 11.5 Å². The average Bonchev–Trinajstić information content (AvgIpc) is 2.45. The molecule has 0 fully saturated rings. The van der Waals surface area contributed by atoms with Crippen LogP contribution in [0.25, 0.3) is 0 Å². The molecule has 0 heterocycles. The van der Waals surface area contributed by atoms with E-state index >= 15 is 0 Å². The summed E-state index contributed by atoms with van der Waals surface area (Å²) < 4.78 is 5.99. The molecule has 0 atom stereocenters. The molecule has 2 N–H and O–H groups in total. The largest absolute Gasteiger partial charge is 0.457 e. The highest BCUT2D eigenvalue weighted by Crippen LogP contribution is 2.29. The molecule has 2 aromatic rings. The van der Waals surface area contributed by atoms with Crippen LogP contribution in [0.5, 0.6) is 11.5 Å². The Kier molecular flexibility index (Phi) is 5.05. The van der Waals surface area contributed by atoms with Gasteiger partial charge in [-0.25, -0.2) is 0 Å². The third kappa shape index (κ3) is 3.53. The summed E-state index contributed by atoms with van der Waals surface area (Å²) in [6.07, 6.45) is 1.75. The number of nitrogens with two attached hydrogens (primary N) is 1. The lowest BCUT2D eigenvalue weighted by molar-refractivity contribution is 0.477. The van der Waals surface area contributed by atoms with Crippen molar-refractivity contribution in [2.45, 2.75) is 26.7 Å². The van der Waals surface area contributed by atoms with Crippen LogP contribution < -0.4 is 10.5 Å². The van der Waals surface area contributed by atoms with E-state index in [0.717, 1.165) is 40.5 Å². The SMILES string of the molecule is CCc1cc(Oc2cc(CCN)ccc2C)ccc1Cl. The Morgan fingerprint density at radius 1 is 1.15 bits per heavy atom. The van der Waals surface area contributed by atoms with Gasteiger partial charge in [0, 0.05) is 5.02 Å². The van der Waals surface area contributed by atoms with Crippen LogP contribution in [0.3, 0.4) is 0 Å². The zero-order valence-corrected chi connectivity index (χ0v) is 12.7. The summed E-state index contributed by atoms with van der Waals surface area (Å²) in [5.41, 5.74) is 9.00. The molecule has 0 aliphatic carbocycles. The second-order valence-corrected chi connectivity index (χ2v) is 5.25. The molecule has 0 amide bonds. The summed E-state index contributed by atoms with van der Waals surface area (Å²) >= 11 is 6.13. The predicted octanol–water partition coefficient (Wildman–Crippen LogP) is 4.50. The van der Waals surface area contributed by atoms with Crippen molar-refractivity contribution in [1.29, 1.82) is 0 Å². The Morgan fingerprint density at radius 2 is 1.95 bits per heavy atom. The minimum absolute atomic E-state index is 0.642. The molecule has 0 spiro atoms. The topological polar surface area (TPSA) is 35.2 Å². The van der Waals surface area contributed by atoms with Crippen LogP contribution >= 0.6 is 11.6 Å². The lowest BCUT2D eigenvalue weighted by Crippen LogP contribution is -2.03. The molecular weight excluding hydrogens is 270 g/mol. The Morgan fingerprint density at radius 3 is 2.65 bits per heavy atom. The van der Waals surface area contributed by atoms with Crippen LogP contribution in [0, 0.1) is 6.92 Å². The third-order valence-corrected chi connectivity index (χ3v) is 3.68. The van der Waals surface area contributed by atoms with Gasteiger partial charge >= 0.3 is 0 Å². The number of benzene rings is 2. The summed E-state index contributed by atoms with van der Waals surface area (Å²) in [5.74, 6) is 1.69. The molecule has 0 saturated heterocycles. The molecule has 0 unspecified atom stereocenters. The van der Waals surface area contributed by atoms with E-state index < -0.39 is 0 Å².